The summed E-state index contributed by atoms with van der Waals surface area (Å²) in [6.45, 7) is 5.40. The van der Waals surface area contributed by atoms with Crippen LogP contribution in [-0.2, 0) is 0 Å². The standard InChI is InChI=1S/C19H28N6O2/c1-4-7-27-13-5-6-15(26-3)14(8-13)22-9-12-10-23-18-16(11(12)2)17(20)24-19(21)25-18/h5-6,8,10,16,18-19,22,25H,4,7,9,21H2,1-3H3,(H2,20,24). The molecule has 8 nitrogen and oxygen atoms in total. The quantitative estimate of drug-likeness (QED) is 0.575. The van der Waals surface area contributed by atoms with Crippen molar-refractivity contribution < 1.29 is 9.47 Å². The van der Waals surface area contributed by atoms with Gasteiger partial charge in [-0.1, -0.05) is 12.5 Å². The molecular formula is C19H28N6O2. The number of hydrogen-bond acceptors (Lipinski definition) is 8. The van der Waals surface area contributed by atoms with E-state index in [2.05, 4.69) is 34.5 Å². The van der Waals surface area contributed by atoms with Crippen LogP contribution < -0.4 is 31.6 Å². The number of aliphatic imine (C=N–C) groups is 2. The number of dihydropyridines is 1. The van der Waals surface area contributed by atoms with Gasteiger partial charge in [0.25, 0.3) is 0 Å². The van der Waals surface area contributed by atoms with Crippen molar-refractivity contribution >= 4 is 17.7 Å². The molecule has 3 rings (SSSR count). The highest BCUT2D eigenvalue weighted by atomic mass is 16.5. The maximum atomic E-state index is 6.12. The molecular weight excluding hydrogens is 344 g/mol. The topological polar surface area (TPSA) is 119 Å². The Balaban J connectivity index is 1.76. The molecule has 0 aromatic heterocycles. The lowest BCUT2D eigenvalue weighted by molar-refractivity contribution is 0.317. The minimum absolute atomic E-state index is 0.0762. The number of fused-ring (bicyclic) bond motifs is 1. The van der Waals surface area contributed by atoms with Crippen LogP contribution in [0.5, 0.6) is 11.5 Å². The number of rotatable bonds is 7. The average Bonchev–Trinajstić information content (AvgIpc) is 2.65. The summed E-state index contributed by atoms with van der Waals surface area (Å²) in [7, 11) is 1.65. The summed E-state index contributed by atoms with van der Waals surface area (Å²) >= 11 is 0. The van der Waals surface area contributed by atoms with Gasteiger partial charge in [0.1, 0.15) is 23.5 Å². The summed E-state index contributed by atoms with van der Waals surface area (Å²) in [5.41, 5.74) is 15.0. The van der Waals surface area contributed by atoms with Crippen LogP contribution in [0.2, 0.25) is 0 Å². The van der Waals surface area contributed by atoms with E-state index in [0.29, 0.717) is 19.0 Å². The van der Waals surface area contributed by atoms with Gasteiger partial charge in [-0.05, 0) is 31.1 Å². The Morgan fingerprint density at radius 3 is 2.89 bits per heavy atom. The number of hydrogen-bond donors (Lipinski definition) is 4. The molecule has 0 saturated heterocycles. The summed E-state index contributed by atoms with van der Waals surface area (Å²) < 4.78 is 11.2. The van der Waals surface area contributed by atoms with E-state index in [0.717, 1.165) is 34.8 Å². The number of nitrogens with two attached hydrogens (primary N) is 2. The third kappa shape index (κ3) is 4.23. The molecule has 3 unspecified atom stereocenters. The third-order valence-corrected chi connectivity index (χ3v) is 4.74. The molecule has 27 heavy (non-hydrogen) atoms. The van der Waals surface area contributed by atoms with E-state index >= 15 is 0 Å². The molecule has 0 aliphatic carbocycles. The average molecular weight is 372 g/mol. The number of nitrogens with zero attached hydrogens (tertiary/aromatic N) is 2. The Labute approximate surface area is 159 Å². The largest absolute Gasteiger partial charge is 0.495 e. The fourth-order valence-electron chi connectivity index (χ4n) is 3.28. The zero-order chi connectivity index (χ0) is 19.4. The van der Waals surface area contributed by atoms with Crippen LogP contribution in [0.15, 0.2) is 39.3 Å². The van der Waals surface area contributed by atoms with Gasteiger partial charge in [0, 0.05) is 18.8 Å². The maximum Gasteiger partial charge on any atom is 0.154 e. The van der Waals surface area contributed by atoms with Gasteiger partial charge in [0.2, 0.25) is 0 Å². The molecule has 0 spiro atoms. The fourth-order valence-corrected chi connectivity index (χ4v) is 3.28. The molecule has 2 heterocycles. The van der Waals surface area contributed by atoms with E-state index < -0.39 is 6.29 Å². The first-order valence-corrected chi connectivity index (χ1v) is 9.15. The first-order chi connectivity index (χ1) is 13.0. The summed E-state index contributed by atoms with van der Waals surface area (Å²) in [5, 5.41) is 6.56. The van der Waals surface area contributed by atoms with Crippen molar-refractivity contribution in [1.82, 2.24) is 5.32 Å². The molecule has 0 radical (unpaired) electrons. The summed E-state index contributed by atoms with van der Waals surface area (Å²) in [6.07, 6.45) is 2.15. The first kappa shape index (κ1) is 19.2. The van der Waals surface area contributed by atoms with Crippen LogP contribution in [0.25, 0.3) is 0 Å². The Hall–Kier alpha value is -2.58. The Morgan fingerprint density at radius 1 is 1.33 bits per heavy atom. The number of ether oxygens (including phenoxy) is 2. The summed E-state index contributed by atoms with van der Waals surface area (Å²) in [4.78, 5) is 8.80. The zero-order valence-electron chi connectivity index (χ0n) is 16.0. The van der Waals surface area contributed by atoms with Crippen molar-refractivity contribution in [1.29, 1.82) is 0 Å². The second-order valence-electron chi connectivity index (χ2n) is 6.64. The molecule has 2 aliphatic rings. The van der Waals surface area contributed by atoms with Gasteiger partial charge in [-0.3, -0.25) is 16.0 Å². The van der Waals surface area contributed by atoms with Gasteiger partial charge in [0.05, 0.1) is 25.3 Å². The lowest BCUT2D eigenvalue weighted by atomic mass is 9.88. The van der Waals surface area contributed by atoms with Crippen molar-refractivity contribution in [3.8, 4) is 11.5 Å². The van der Waals surface area contributed by atoms with Crippen molar-refractivity contribution in [2.24, 2.45) is 27.4 Å². The van der Waals surface area contributed by atoms with Crippen LogP contribution in [-0.4, -0.2) is 44.8 Å². The van der Waals surface area contributed by atoms with Crippen molar-refractivity contribution in [2.45, 2.75) is 32.7 Å². The van der Waals surface area contributed by atoms with Gasteiger partial charge >= 0.3 is 0 Å². The van der Waals surface area contributed by atoms with E-state index in [-0.39, 0.29) is 12.1 Å². The minimum atomic E-state index is -0.508. The zero-order valence-corrected chi connectivity index (χ0v) is 16.0. The molecule has 0 amide bonds. The maximum absolute atomic E-state index is 6.12. The number of benzene rings is 1. The molecule has 1 aromatic carbocycles. The van der Waals surface area contributed by atoms with Crippen LogP contribution in [0.4, 0.5) is 5.69 Å². The SMILES string of the molecule is CCCOc1ccc(OC)c(NCC2=C(C)C3C(N)=NC(N)NC3N=C2)c1. The van der Waals surface area contributed by atoms with Gasteiger partial charge in [-0.25, -0.2) is 4.99 Å². The van der Waals surface area contributed by atoms with E-state index in [1.165, 1.54) is 0 Å². The molecule has 146 valence electrons. The van der Waals surface area contributed by atoms with Crippen molar-refractivity contribution in [2.75, 3.05) is 25.6 Å². The number of methoxy groups -OCH3 is 1. The number of nitrogens with one attached hydrogen (secondary N) is 2. The van der Waals surface area contributed by atoms with Gasteiger partial charge < -0.3 is 20.5 Å². The molecule has 1 aromatic rings. The number of anilines is 1. The van der Waals surface area contributed by atoms with Crippen molar-refractivity contribution in [3.63, 3.8) is 0 Å². The molecule has 3 atom stereocenters. The Bertz CT molecular complexity index is 773. The second-order valence-corrected chi connectivity index (χ2v) is 6.64. The Kier molecular flexibility index (Phi) is 5.98. The van der Waals surface area contributed by atoms with Crippen LogP contribution in [0, 0.1) is 5.92 Å². The molecule has 2 aliphatic heterocycles. The fraction of sp³-hybridized carbons (Fsp3) is 0.474. The lowest BCUT2D eigenvalue weighted by Gasteiger charge is -2.35. The van der Waals surface area contributed by atoms with Crippen molar-refractivity contribution in [3.05, 3.63) is 29.3 Å². The van der Waals surface area contributed by atoms with Gasteiger partial charge in [0.15, 0.2) is 6.29 Å². The molecule has 0 saturated carbocycles. The molecule has 6 N–H and O–H groups in total. The minimum Gasteiger partial charge on any atom is -0.495 e. The highest BCUT2D eigenvalue weighted by molar-refractivity contribution is 5.92. The molecule has 0 bridgehead atoms. The van der Waals surface area contributed by atoms with Crippen LogP contribution in [0.1, 0.15) is 20.3 Å². The lowest BCUT2D eigenvalue weighted by Crippen LogP contribution is -2.55. The predicted molar refractivity (Wildman–Crippen MR) is 108 cm³/mol. The van der Waals surface area contributed by atoms with E-state index in [1.807, 2.05) is 24.4 Å². The third-order valence-electron chi connectivity index (χ3n) is 4.74. The van der Waals surface area contributed by atoms with Crippen LogP contribution in [0.3, 0.4) is 0 Å². The first-order valence-electron chi connectivity index (χ1n) is 9.15. The highest BCUT2D eigenvalue weighted by Gasteiger charge is 2.34. The Morgan fingerprint density at radius 2 is 2.15 bits per heavy atom. The van der Waals surface area contributed by atoms with E-state index in [4.69, 9.17) is 20.9 Å². The molecule has 8 heteroatoms. The summed E-state index contributed by atoms with van der Waals surface area (Å²) in [6, 6.07) is 5.76. The second kappa shape index (κ2) is 8.41. The number of amidine groups is 1. The van der Waals surface area contributed by atoms with E-state index in [9.17, 15) is 0 Å². The molecule has 0 fully saturated rings. The van der Waals surface area contributed by atoms with Gasteiger partial charge in [-0.2, -0.15) is 0 Å². The predicted octanol–water partition coefficient (Wildman–Crippen LogP) is 1.44. The monoisotopic (exact) mass is 372 g/mol. The highest BCUT2D eigenvalue weighted by Crippen LogP contribution is 2.31. The van der Waals surface area contributed by atoms with E-state index in [1.54, 1.807) is 7.11 Å². The summed E-state index contributed by atoms with van der Waals surface area (Å²) in [5.74, 6) is 2.01. The smallest absolute Gasteiger partial charge is 0.154 e. The normalized spacial score (nSPS) is 24.3. The van der Waals surface area contributed by atoms with Crippen LogP contribution >= 0.6 is 0 Å². The van der Waals surface area contributed by atoms with Gasteiger partial charge in [-0.15, -0.1) is 0 Å².